The summed E-state index contributed by atoms with van der Waals surface area (Å²) in [5, 5.41) is 12.2. The highest BCUT2D eigenvalue weighted by molar-refractivity contribution is 7.16. The molecule has 0 bridgehead atoms. The van der Waals surface area contributed by atoms with Crippen molar-refractivity contribution in [3.05, 3.63) is 51.7 Å². The summed E-state index contributed by atoms with van der Waals surface area (Å²) in [6.07, 6.45) is 0. The molecule has 0 amide bonds. The van der Waals surface area contributed by atoms with Gasteiger partial charge in [0.2, 0.25) is 0 Å². The maximum Gasteiger partial charge on any atom is 0.250 e. The summed E-state index contributed by atoms with van der Waals surface area (Å²) < 4.78 is 2.68. The molecule has 1 aliphatic heterocycles. The fourth-order valence-electron chi connectivity index (χ4n) is 3.01. The minimum atomic E-state index is 0.819. The molecule has 0 saturated carbocycles. The maximum atomic E-state index is 6.02. The van der Waals surface area contributed by atoms with Gasteiger partial charge in [-0.2, -0.15) is 4.68 Å². The lowest BCUT2D eigenvalue weighted by atomic mass is 10.3. The Hall–Kier alpha value is -1.96. The summed E-state index contributed by atoms with van der Waals surface area (Å²) in [6, 6.07) is 14.1. The number of anilines is 1. The van der Waals surface area contributed by atoms with Gasteiger partial charge in [-0.05, 0) is 34.7 Å². The molecule has 3 aromatic rings. The topological polar surface area (TPSA) is 51.3 Å². The number of nitrogens with zero attached hydrogens (tertiary/aromatic N) is 5. The number of nitrogens with one attached hydrogen (secondary N) is 1. The van der Waals surface area contributed by atoms with Crippen LogP contribution in [0.5, 0.6) is 0 Å². The molecular weight excluding hydrogens is 344 g/mol. The van der Waals surface area contributed by atoms with Crippen molar-refractivity contribution in [3.8, 4) is 5.69 Å². The predicted molar refractivity (Wildman–Crippen MR) is 95.1 cm³/mol. The van der Waals surface area contributed by atoms with Gasteiger partial charge in [-0.1, -0.05) is 34.9 Å². The molecule has 0 unspecified atom stereocenters. The van der Waals surface area contributed by atoms with Gasteiger partial charge in [-0.3, -0.25) is 0 Å². The van der Waals surface area contributed by atoms with E-state index in [1.807, 2.05) is 41.1 Å². The van der Waals surface area contributed by atoms with Crippen LogP contribution in [0.4, 0.5) is 5.95 Å². The van der Waals surface area contributed by atoms with E-state index in [4.69, 9.17) is 11.6 Å². The van der Waals surface area contributed by atoms with Gasteiger partial charge in [0.05, 0.1) is 41.1 Å². The maximum absolute atomic E-state index is 6.02. The number of benzene rings is 1. The van der Waals surface area contributed by atoms with Crippen molar-refractivity contribution in [2.24, 2.45) is 0 Å². The average Bonchev–Trinajstić information content (AvgIpc) is 3.26. The standard InChI is InChI=1S/C16H17ClN6S/c17-15-7-6-14(24-15)12-21-8-10-22(11-9-21)16-18-19-20-23(16)13-4-2-1-3-5-13/h1-7H,8-12H2/p+1. The first-order valence-corrected chi connectivity index (χ1v) is 9.15. The summed E-state index contributed by atoms with van der Waals surface area (Å²) in [5.74, 6) is 0.819. The van der Waals surface area contributed by atoms with Crippen LogP contribution in [-0.4, -0.2) is 46.4 Å². The van der Waals surface area contributed by atoms with Crippen molar-refractivity contribution in [2.75, 3.05) is 31.1 Å². The summed E-state index contributed by atoms with van der Waals surface area (Å²) >= 11 is 7.69. The number of thiophene rings is 1. The molecule has 124 valence electrons. The molecule has 1 N–H and O–H groups in total. The second-order valence-corrected chi connectivity index (χ2v) is 7.65. The molecule has 6 nitrogen and oxygen atoms in total. The summed E-state index contributed by atoms with van der Waals surface area (Å²) in [4.78, 5) is 5.18. The molecule has 0 radical (unpaired) electrons. The number of halogens is 1. The zero-order chi connectivity index (χ0) is 16.4. The third-order valence-electron chi connectivity index (χ3n) is 4.26. The molecule has 24 heavy (non-hydrogen) atoms. The van der Waals surface area contributed by atoms with Crippen molar-refractivity contribution in [3.63, 3.8) is 0 Å². The highest BCUT2D eigenvalue weighted by atomic mass is 35.5. The largest absolute Gasteiger partial charge is 0.328 e. The van der Waals surface area contributed by atoms with Crippen LogP contribution in [0.15, 0.2) is 42.5 Å². The Morgan fingerprint density at radius 2 is 1.88 bits per heavy atom. The highest BCUT2D eigenvalue weighted by Crippen LogP contribution is 2.20. The molecule has 0 atom stereocenters. The molecule has 1 saturated heterocycles. The van der Waals surface area contributed by atoms with E-state index in [1.54, 1.807) is 16.2 Å². The zero-order valence-electron chi connectivity index (χ0n) is 13.1. The van der Waals surface area contributed by atoms with Gasteiger partial charge in [0, 0.05) is 0 Å². The first-order valence-electron chi connectivity index (χ1n) is 7.96. The van der Waals surface area contributed by atoms with Crippen LogP contribution in [0.3, 0.4) is 0 Å². The zero-order valence-corrected chi connectivity index (χ0v) is 14.7. The van der Waals surface area contributed by atoms with E-state index in [0.29, 0.717) is 0 Å². The van der Waals surface area contributed by atoms with Crippen LogP contribution in [0, 0.1) is 0 Å². The van der Waals surface area contributed by atoms with Crippen LogP contribution < -0.4 is 9.80 Å². The molecule has 0 spiro atoms. The third-order valence-corrected chi connectivity index (χ3v) is 5.49. The average molecular weight is 362 g/mol. The van der Waals surface area contributed by atoms with Gasteiger partial charge in [0.25, 0.3) is 5.95 Å². The smallest absolute Gasteiger partial charge is 0.250 e. The number of rotatable bonds is 4. The Balaban J connectivity index is 1.42. The van der Waals surface area contributed by atoms with E-state index in [0.717, 1.165) is 48.7 Å². The van der Waals surface area contributed by atoms with Gasteiger partial charge in [0.1, 0.15) is 6.54 Å². The Morgan fingerprint density at radius 1 is 1.08 bits per heavy atom. The van der Waals surface area contributed by atoms with Gasteiger partial charge in [-0.25, -0.2) is 0 Å². The van der Waals surface area contributed by atoms with Crippen molar-refractivity contribution < 1.29 is 4.90 Å². The number of quaternary nitrogens is 1. The Bertz CT molecular complexity index is 794. The number of hydrogen-bond acceptors (Lipinski definition) is 5. The fraction of sp³-hybridized carbons (Fsp3) is 0.312. The van der Waals surface area contributed by atoms with Gasteiger partial charge in [0.15, 0.2) is 0 Å². The lowest BCUT2D eigenvalue weighted by molar-refractivity contribution is -0.914. The number of piperazine rings is 1. The minimum Gasteiger partial charge on any atom is -0.328 e. The first kappa shape index (κ1) is 15.6. The second kappa shape index (κ2) is 6.88. The van der Waals surface area contributed by atoms with Gasteiger partial charge >= 0.3 is 0 Å². The summed E-state index contributed by atoms with van der Waals surface area (Å²) in [5.41, 5.74) is 0.987. The lowest BCUT2D eigenvalue weighted by Gasteiger charge is -2.32. The number of tetrazole rings is 1. The number of aromatic nitrogens is 4. The molecule has 3 heterocycles. The number of hydrogen-bond donors (Lipinski definition) is 1. The Labute approximate surface area is 149 Å². The SMILES string of the molecule is Clc1ccc(C[NH+]2CCN(c3nnnn3-c3ccccc3)CC2)s1. The van der Waals surface area contributed by atoms with Crippen molar-refractivity contribution >= 4 is 28.9 Å². The van der Waals surface area contributed by atoms with E-state index >= 15 is 0 Å². The van der Waals surface area contributed by atoms with Crippen LogP contribution >= 0.6 is 22.9 Å². The summed E-state index contributed by atoms with van der Waals surface area (Å²) in [7, 11) is 0. The predicted octanol–water partition coefficient (Wildman–Crippen LogP) is 1.28. The normalized spacial score (nSPS) is 15.8. The van der Waals surface area contributed by atoms with Crippen LogP contribution in [0.2, 0.25) is 4.34 Å². The molecule has 1 aliphatic rings. The van der Waals surface area contributed by atoms with Crippen LogP contribution in [-0.2, 0) is 6.54 Å². The molecular formula is C16H18ClN6S+. The minimum absolute atomic E-state index is 0.819. The quantitative estimate of drug-likeness (QED) is 0.760. The van der Waals surface area contributed by atoms with E-state index in [1.165, 1.54) is 4.88 Å². The molecule has 2 aromatic heterocycles. The third kappa shape index (κ3) is 3.28. The van der Waals surface area contributed by atoms with Gasteiger partial charge in [-0.15, -0.1) is 11.3 Å². The second-order valence-electron chi connectivity index (χ2n) is 5.85. The number of para-hydroxylation sites is 1. The van der Waals surface area contributed by atoms with E-state index in [2.05, 4.69) is 26.5 Å². The van der Waals surface area contributed by atoms with Crippen LogP contribution in [0.1, 0.15) is 4.88 Å². The Kier molecular flexibility index (Phi) is 4.46. The van der Waals surface area contributed by atoms with Gasteiger partial charge < -0.3 is 9.80 Å². The highest BCUT2D eigenvalue weighted by Gasteiger charge is 2.24. The fourth-order valence-corrected chi connectivity index (χ4v) is 4.17. The monoisotopic (exact) mass is 361 g/mol. The van der Waals surface area contributed by atoms with Crippen molar-refractivity contribution in [1.29, 1.82) is 0 Å². The Morgan fingerprint density at radius 3 is 2.58 bits per heavy atom. The van der Waals surface area contributed by atoms with Crippen molar-refractivity contribution in [1.82, 2.24) is 20.2 Å². The molecule has 1 fully saturated rings. The van der Waals surface area contributed by atoms with E-state index in [9.17, 15) is 0 Å². The van der Waals surface area contributed by atoms with Crippen molar-refractivity contribution in [2.45, 2.75) is 6.54 Å². The molecule has 0 aliphatic carbocycles. The van der Waals surface area contributed by atoms with E-state index < -0.39 is 0 Å². The van der Waals surface area contributed by atoms with E-state index in [-0.39, 0.29) is 0 Å². The molecule has 8 heteroatoms. The summed E-state index contributed by atoms with van der Waals surface area (Å²) in [6.45, 7) is 5.06. The lowest BCUT2D eigenvalue weighted by Crippen LogP contribution is -3.13. The molecule has 1 aromatic carbocycles. The molecule has 4 rings (SSSR count). The first-order chi connectivity index (χ1) is 11.8. The van der Waals surface area contributed by atoms with Crippen LogP contribution in [0.25, 0.3) is 5.69 Å².